The molecule has 4 fully saturated rings. The van der Waals surface area contributed by atoms with E-state index in [0.717, 1.165) is 58.5 Å². The molecule has 2 atom stereocenters. The lowest BCUT2D eigenvalue weighted by molar-refractivity contribution is 0.0231. The van der Waals surface area contributed by atoms with Crippen LogP contribution in [0.25, 0.3) is 0 Å². The third-order valence-electron chi connectivity index (χ3n) is 7.07. The van der Waals surface area contributed by atoms with Gasteiger partial charge in [0.25, 0.3) is 0 Å². The third kappa shape index (κ3) is 4.17. The molecule has 11 heteroatoms. The first-order valence-corrected chi connectivity index (χ1v) is 11.5. The number of carbonyl (C=O) groups is 1. The van der Waals surface area contributed by atoms with Gasteiger partial charge in [-0.05, 0) is 25.7 Å². The number of nitrogens with zero attached hydrogens (tertiary/aromatic N) is 6. The maximum Gasteiger partial charge on any atom is 0.407 e. The molecule has 4 aliphatic rings. The van der Waals surface area contributed by atoms with Crippen LogP contribution in [-0.4, -0.2) is 95.6 Å². The molecule has 0 radical (unpaired) electrons. The lowest BCUT2D eigenvalue weighted by Crippen LogP contribution is -2.55. The molecule has 10 nitrogen and oxygen atoms in total. The van der Waals surface area contributed by atoms with Crippen LogP contribution >= 0.6 is 11.6 Å². The summed E-state index contributed by atoms with van der Waals surface area (Å²) in [6, 6.07) is 2.06. The highest BCUT2D eigenvalue weighted by Crippen LogP contribution is 2.46. The molecule has 2 bridgehead atoms. The van der Waals surface area contributed by atoms with Gasteiger partial charge in [-0.3, -0.25) is 9.80 Å². The molecule has 3 saturated heterocycles. The Hall–Kier alpha value is -2.35. The van der Waals surface area contributed by atoms with Crippen molar-refractivity contribution in [3.05, 3.63) is 10.7 Å². The Kier molecular flexibility index (Phi) is 5.73. The van der Waals surface area contributed by atoms with Gasteiger partial charge in [0.15, 0.2) is 11.0 Å². The molecule has 3 aliphatic heterocycles. The summed E-state index contributed by atoms with van der Waals surface area (Å²) in [5.74, 6) is 0.433. The SMILES string of the molecule is N#Cc1c(Cl)nc(OCC2(CN3CCOCC3)CC2)nc1N1C[C@H]2CC[C@@H](C1)N2C(=O)O. The molecule has 172 valence electrons. The number of fused-ring (bicyclic) bond motifs is 2. The van der Waals surface area contributed by atoms with E-state index in [-0.39, 0.29) is 34.2 Å². The van der Waals surface area contributed by atoms with E-state index in [1.165, 1.54) is 4.90 Å². The molecule has 0 unspecified atom stereocenters. The van der Waals surface area contributed by atoms with Crippen LogP contribution in [0.1, 0.15) is 31.2 Å². The molecule has 1 aliphatic carbocycles. The lowest BCUT2D eigenvalue weighted by atomic mass is 10.1. The van der Waals surface area contributed by atoms with Gasteiger partial charge in [-0.1, -0.05) is 11.6 Å². The fourth-order valence-electron chi connectivity index (χ4n) is 5.16. The van der Waals surface area contributed by atoms with Crippen molar-refractivity contribution in [3.63, 3.8) is 0 Å². The summed E-state index contributed by atoms with van der Waals surface area (Å²) in [5, 5.41) is 19.2. The van der Waals surface area contributed by atoms with Crippen molar-refractivity contribution in [3.8, 4) is 12.1 Å². The topological polar surface area (TPSA) is 115 Å². The van der Waals surface area contributed by atoms with E-state index in [1.54, 1.807) is 0 Å². The Labute approximate surface area is 191 Å². The van der Waals surface area contributed by atoms with Crippen LogP contribution < -0.4 is 9.64 Å². The second-order valence-corrected chi connectivity index (χ2v) is 9.62. The molecule has 1 saturated carbocycles. The van der Waals surface area contributed by atoms with E-state index in [0.29, 0.717) is 25.5 Å². The number of anilines is 1. The highest BCUT2D eigenvalue weighted by Gasteiger charge is 2.46. The Morgan fingerprint density at radius 1 is 1.25 bits per heavy atom. The average Bonchev–Trinajstić information content (AvgIpc) is 3.49. The highest BCUT2D eigenvalue weighted by molar-refractivity contribution is 6.30. The zero-order valence-electron chi connectivity index (χ0n) is 17.9. The molecule has 1 aromatic heterocycles. The second-order valence-electron chi connectivity index (χ2n) is 9.26. The fraction of sp³-hybridized carbons (Fsp3) is 0.714. The first-order valence-electron chi connectivity index (χ1n) is 11.1. The number of aromatic nitrogens is 2. The maximum atomic E-state index is 11.6. The van der Waals surface area contributed by atoms with E-state index >= 15 is 0 Å². The number of hydrogen-bond donors (Lipinski definition) is 1. The second kappa shape index (κ2) is 8.54. The zero-order chi connectivity index (χ0) is 22.3. The van der Waals surface area contributed by atoms with Crippen molar-refractivity contribution in [1.29, 1.82) is 5.26 Å². The molecule has 1 N–H and O–H groups in total. The standard InChI is InChI=1S/C21H27ClN6O4/c22-17-16(9-23)18(27-10-14-1-2-15(11-27)28(14)20(29)30)25-19(24-17)32-13-21(3-4-21)12-26-5-7-31-8-6-26/h14-15H,1-8,10-13H2,(H,29,30)/t14-,15+. The number of rotatable bonds is 6. The monoisotopic (exact) mass is 462 g/mol. The Balaban J connectivity index is 1.30. The first-order chi connectivity index (χ1) is 15.5. The number of amides is 1. The van der Waals surface area contributed by atoms with Gasteiger partial charge in [-0.25, -0.2) is 4.79 Å². The number of hydrogen-bond acceptors (Lipinski definition) is 8. The summed E-state index contributed by atoms with van der Waals surface area (Å²) >= 11 is 6.34. The molecule has 0 spiro atoms. The van der Waals surface area contributed by atoms with Crippen LogP contribution in [0.15, 0.2) is 0 Å². The predicted molar refractivity (Wildman–Crippen MR) is 115 cm³/mol. The van der Waals surface area contributed by atoms with Gasteiger partial charge in [-0.15, -0.1) is 0 Å². The van der Waals surface area contributed by atoms with E-state index in [9.17, 15) is 15.2 Å². The predicted octanol–water partition coefficient (Wildman–Crippen LogP) is 1.82. The number of ether oxygens (including phenoxy) is 2. The smallest absolute Gasteiger partial charge is 0.407 e. The number of piperazine rings is 1. The number of morpholine rings is 1. The average molecular weight is 463 g/mol. The third-order valence-corrected chi connectivity index (χ3v) is 7.34. The summed E-state index contributed by atoms with van der Waals surface area (Å²) < 4.78 is 11.4. The van der Waals surface area contributed by atoms with Crippen LogP contribution in [0, 0.1) is 16.7 Å². The van der Waals surface area contributed by atoms with Gasteiger partial charge in [0, 0.05) is 38.1 Å². The Morgan fingerprint density at radius 2 is 1.94 bits per heavy atom. The summed E-state index contributed by atoms with van der Waals surface area (Å²) in [6.07, 6.45) is 2.92. The van der Waals surface area contributed by atoms with Crippen molar-refractivity contribution in [2.24, 2.45) is 5.41 Å². The summed E-state index contributed by atoms with van der Waals surface area (Å²) in [7, 11) is 0. The maximum absolute atomic E-state index is 11.6. The van der Waals surface area contributed by atoms with Gasteiger partial charge in [0.2, 0.25) is 0 Å². The molecule has 1 amide bonds. The minimum Gasteiger partial charge on any atom is -0.465 e. The molecular formula is C21H27ClN6O4. The molecule has 4 heterocycles. The van der Waals surface area contributed by atoms with Crippen molar-refractivity contribution in [1.82, 2.24) is 19.8 Å². The summed E-state index contributed by atoms with van der Waals surface area (Å²) in [5.41, 5.74) is 0.310. The Bertz CT molecular complexity index is 916. The van der Waals surface area contributed by atoms with Gasteiger partial charge in [0.1, 0.15) is 11.6 Å². The van der Waals surface area contributed by atoms with Crippen LogP contribution in [0.2, 0.25) is 5.15 Å². The molecule has 0 aromatic carbocycles. The van der Waals surface area contributed by atoms with Gasteiger partial charge in [-0.2, -0.15) is 15.2 Å². The first kappa shape index (κ1) is 21.5. The van der Waals surface area contributed by atoms with Gasteiger partial charge < -0.3 is 19.5 Å². The molecule has 1 aromatic rings. The minimum atomic E-state index is -0.891. The van der Waals surface area contributed by atoms with Crippen molar-refractivity contribution < 1.29 is 19.4 Å². The molecule has 32 heavy (non-hydrogen) atoms. The Morgan fingerprint density at radius 3 is 2.53 bits per heavy atom. The molecule has 5 rings (SSSR count). The van der Waals surface area contributed by atoms with E-state index in [1.807, 2.05) is 4.90 Å². The minimum absolute atomic E-state index is 0.0681. The van der Waals surface area contributed by atoms with E-state index in [2.05, 4.69) is 20.9 Å². The van der Waals surface area contributed by atoms with Crippen molar-refractivity contribution >= 4 is 23.5 Å². The number of halogens is 1. The molecular weight excluding hydrogens is 436 g/mol. The van der Waals surface area contributed by atoms with Gasteiger partial charge in [0.05, 0.1) is 31.9 Å². The summed E-state index contributed by atoms with van der Waals surface area (Å²) in [4.78, 5) is 26.3. The van der Waals surface area contributed by atoms with Crippen LogP contribution in [0.4, 0.5) is 10.6 Å². The van der Waals surface area contributed by atoms with Crippen LogP contribution in [0.3, 0.4) is 0 Å². The van der Waals surface area contributed by atoms with E-state index in [4.69, 9.17) is 21.1 Å². The largest absolute Gasteiger partial charge is 0.465 e. The van der Waals surface area contributed by atoms with Crippen molar-refractivity contribution in [2.45, 2.75) is 37.8 Å². The van der Waals surface area contributed by atoms with Crippen LogP contribution in [0.5, 0.6) is 6.01 Å². The highest BCUT2D eigenvalue weighted by atomic mass is 35.5. The van der Waals surface area contributed by atoms with Crippen LogP contribution in [-0.2, 0) is 4.74 Å². The number of nitriles is 1. The normalized spacial score (nSPS) is 26.6. The fourth-order valence-corrected chi connectivity index (χ4v) is 5.36. The summed E-state index contributed by atoms with van der Waals surface area (Å²) in [6.45, 7) is 5.84. The van der Waals surface area contributed by atoms with Crippen molar-refractivity contribution in [2.75, 3.05) is 57.4 Å². The zero-order valence-corrected chi connectivity index (χ0v) is 18.6. The quantitative estimate of drug-likeness (QED) is 0.632. The lowest BCUT2D eigenvalue weighted by Gasteiger charge is -2.40. The van der Waals surface area contributed by atoms with Gasteiger partial charge >= 0.3 is 12.1 Å². The number of carboxylic acid groups (broad SMARTS) is 1. The van der Waals surface area contributed by atoms with E-state index < -0.39 is 6.09 Å².